The van der Waals surface area contributed by atoms with Crippen LogP contribution >= 0.6 is 0 Å². The molecule has 5 heteroatoms. The number of pyridine rings is 1. The van der Waals surface area contributed by atoms with Crippen molar-refractivity contribution in [3.05, 3.63) is 29.6 Å². The number of carbonyl (C=O) groups is 1. The Morgan fingerprint density at radius 1 is 1.63 bits per heavy atom. The lowest BCUT2D eigenvalue weighted by molar-refractivity contribution is -0.153. The molecule has 2 rings (SSSR count). The van der Waals surface area contributed by atoms with Crippen molar-refractivity contribution in [1.82, 2.24) is 9.88 Å². The first kappa shape index (κ1) is 13.5. The topological polar surface area (TPSA) is 77.2 Å². The molecule has 1 saturated heterocycles. The Bertz CT molecular complexity index is 524. The van der Waals surface area contributed by atoms with E-state index < -0.39 is 11.5 Å². The van der Waals surface area contributed by atoms with Crippen LogP contribution < -0.4 is 0 Å². The van der Waals surface area contributed by atoms with Crippen LogP contribution in [0.4, 0.5) is 0 Å². The molecular formula is C14H17N3O2. The van der Waals surface area contributed by atoms with Gasteiger partial charge in [-0.2, -0.15) is 5.26 Å². The van der Waals surface area contributed by atoms with Gasteiger partial charge in [0.2, 0.25) is 0 Å². The zero-order chi connectivity index (χ0) is 13.9. The van der Waals surface area contributed by atoms with Crippen molar-refractivity contribution >= 4 is 5.97 Å². The molecule has 0 saturated carbocycles. The van der Waals surface area contributed by atoms with Gasteiger partial charge in [0.15, 0.2) is 0 Å². The van der Waals surface area contributed by atoms with Crippen molar-refractivity contribution in [3.63, 3.8) is 0 Å². The minimum atomic E-state index is -0.846. The highest BCUT2D eigenvalue weighted by atomic mass is 16.4. The number of aromatic nitrogens is 1. The largest absolute Gasteiger partial charge is 0.480 e. The number of nitrogens with zero attached hydrogens (tertiary/aromatic N) is 3. The maximum atomic E-state index is 11.5. The molecule has 100 valence electrons. The third kappa shape index (κ3) is 2.59. The molecule has 1 aliphatic rings. The second-order valence-electron chi connectivity index (χ2n) is 5.08. The molecule has 0 aromatic carbocycles. The lowest BCUT2D eigenvalue weighted by atomic mass is 9.88. The summed E-state index contributed by atoms with van der Waals surface area (Å²) in [6.45, 7) is 2.96. The number of carboxylic acid groups (broad SMARTS) is 1. The van der Waals surface area contributed by atoms with E-state index in [4.69, 9.17) is 5.26 Å². The number of rotatable bonds is 3. The molecule has 1 N–H and O–H groups in total. The van der Waals surface area contributed by atoms with Crippen LogP contribution in [0.25, 0.3) is 0 Å². The normalized spacial score (nSPS) is 23.8. The number of piperidine rings is 1. The Kier molecular flexibility index (Phi) is 3.82. The number of likely N-dealkylation sites (tertiary alicyclic amines) is 1. The van der Waals surface area contributed by atoms with Crippen molar-refractivity contribution in [2.75, 3.05) is 6.54 Å². The molecular weight excluding hydrogens is 242 g/mol. The summed E-state index contributed by atoms with van der Waals surface area (Å²) in [6.07, 6.45) is 4.14. The fourth-order valence-corrected chi connectivity index (χ4v) is 2.54. The summed E-state index contributed by atoms with van der Waals surface area (Å²) in [5.74, 6) is -0.797. The van der Waals surface area contributed by atoms with Crippen LogP contribution in [0.5, 0.6) is 0 Å². The zero-order valence-corrected chi connectivity index (χ0v) is 11.0. The van der Waals surface area contributed by atoms with Crippen molar-refractivity contribution in [2.24, 2.45) is 0 Å². The van der Waals surface area contributed by atoms with Gasteiger partial charge in [-0.25, -0.2) is 4.98 Å². The van der Waals surface area contributed by atoms with Crippen LogP contribution in [-0.4, -0.2) is 33.0 Å². The molecule has 1 atom stereocenters. The first-order valence-electron chi connectivity index (χ1n) is 6.40. The molecule has 1 unspecified atom stereocenters. The van der Waals surface area contributed by atoms with Gasteiger partial charge in [-0.1, -0.05) is 6.07 Å². The molecule has 19 heavy (non-hydrogen) atoms. The quantitative estimate of drug-likeness (QED) is 0.895. The van der Waals surface area contributed by atoms with Crippen LogP contribution in [0.3, 0.4) is 0 Å². The fourth-order valence-electron chi connectivity index (χ4n) is 2.54. The van der Waals surface area contributed by atoms with E-state index in [-0.39, 0.29) is 0 Å². The number of hydrogen-bond acceptors (Lipinski definition) is 4. The summed E-state index contributed by atoms with van der Waals surface area (Å²) in [4.78, 5) is 17.5. The van der Waals surface area contributed by atoms with E-state index in [1.165, 1.54) is 0 Å². The van der Waals surface area contributed by atoms with Gasteiger partial charge in [-0.05, 0) is 38.8 Å². The Labute approximate surface area is 112 Å². The molecule has 0 bridgehead atoms. The number of carboxylic acids is 1. The van der Waals surface area contributed by atoms with E-state index in [1.54, 1.807) is 19.2 Å². The molecule has 0 amide bonds. The van der Waals surface area contributed by atoms with Gasteiger partial charge < -0.3 is 5.11 Å². The van der Waals surface area contributed by atoms with Gasteiger partial charge in [-0.3, -0.25) is 9.69 Å². The van der Waals surface area contributed by atoms with Crippen LogP contribution in [0.1, 0.15) is 37.4 Å². The van der Waals surface area contributed by atoms with E-state index in [9.17, 15) is 9.90 Å². The van der Waals surface area contributed by atoms with Crippen molar-refractivity contribution in [3.8, 4) is 6.07 Å². The average Bonchev–Trinajstić information content (AvgIpc) is 2.42. The summed E-state index contributed by atoms with van der Waals surface area (Å²) in [7, 11) is 0. The molecule has 1 aromatic rings. The van der Waals surface area contributed by atoms with E-state index in [0.29, 0.717) is 18.7 Å². The van der Waals surface area contributed by atoms with E-state index in [2.05, 4.69) is 11.1 Å². The minimum Gasteiger partial charge on any atom is -0.480 e. The van der Waals surface area contributed by atoms with E-state index in [0.717, 1.165) is 24.9 Å². The maximum Gasteiger partial charge on any atom is 0.323 e. The van der Waals surface area contributed by atoms with Crippen molar-refractivity contribution in [2.45, 2.75) is 38.3 Å². The highest BCUT2D eigenvalue weighted by molar-refractivity contribution is 5.78. The molecule has 1 fully saturated rings. The third-order valence-corrected chi connectivity index (χ3v) is 3.86. The molecule has 0 radical (unpaired) electrons. The van der Waals surface area contributed by atoms with Gasteiger partial charge in [0.25, 0.3) is 0 Å². The monoisotopic (exact) mass is 259 g/mol. The second kappa shape index (κ2) is 5.37. The summed E-state index contributed by atoms with van der Waals surface area (Å²) >= 11 is 0. The Balaban J connectivity index is 2.26. The zero-order valence-electron chi connectivity index (χ0n) is 11.0. The van der Waals surface area contributed by atoms with Gasteiger partial charge in [0.05, 0.1) is 0 Å². The Morgan fingerprint density at radius 2 is 2.42 bits per heavy atom. The van der Waals surface area contributed by atoms with Crippen molar-refractivity contribution in [1.29, 1.82) is 5.26 Å². The minimum absolute atomic E-state index is 0.376. The second-order valence-corrected chi connectivity index (χ2v) is 5.08. The summed E-state index contributed by atoms with van der Waals surface area (Å²) in [6, 6.07) is 5.67. The van der Waals surface area contributed by atoms with Crippen LogP contribution in [0.2, 0.25) is 0 Å². The predicted octanol–water partition coefficient (Wildman–Crippen LogP) is 1.78. The lowest BCUT2D eigenvalue weighted by Gasteiger charge is -2.41. The predicted molar refractivity (Wildman–Crippen MR) is 69.3 cm³/mol. The van der Waals surface area contributed by atoms with E-state index >= 15 is 0 Å². The molecule has 0 aliphatic carbocycles. The first-order chi connectivity index (χ1) is 9.08. The summed E-state index contributed by atoms with van der Waals surface area (Å²) < 4.78 is 0. The highest BCUT2D eigenvalue weighted by Gasteiger charge is 2.41. The average molecular weight is 259 g/mol. The molecule has 0 spiro atoms. The number of nitriles is 1. The molecule has 2 heterocycles. The van der Waals surface area contributed by atoms with E-state index in [1.807, 2.05) is 11.0 Å². The standard InChI is InChI=1S/C14H17N3O2/c1-14(13(18)19)6-2-3-8-17(14)10-11-5-4-7-16-12(11)9-15/h4-5,7H,2-3,6,8,10H2,1H3,(H,18,19). The molecule has 1 aliphatic heterocycles. The smallest absolute Gasteiger partial charge is 0.323 e. The fraction of sp³-hybridized carbons (Fsp3) is 0.500. The van der Waals surface area contributed by atoms with Crippen LogP contribution in [-0.2, 0) is 11.3 Å². The first-order valence-corrected chi connectivity index (χ1v) is 6.40. The Hall–Kier alpha value is -1.93. The maximum absolute atomic E-state index is 11.5. The summed E-state index contributed by atoms with van der Waals surface area (Å²) in [5.41, 5.74) is 0.320. The van der Waals surface area contributed by atoms with Crippen LogP contribution in [0.15, 0.2) is 18.3 Å². The molecule has 1 aromatic heterocycles. The van der Waals surface area contributed by atoms with Crippen LogP contribution in [0, 0.1) is 11.3 Å². The van der Waals surface area contributed by atoms with Gasteiger partial charge in [0, 0.05) is 18.3 Å². The van der Waals surface area contributed by atoms with Gasteiger partial charge in [-0.15, -0.1) is 0 Å². The highest BCUT2D eigenvalue weighted by Crippen LogP contribution is 2.30. The summed E-state index contributed by atoms with van der Waals surface area (Å²) in [5, 5.41) is 18.5. The van der Waals surface area contributed by atoms with Gasteiger partial charge in [0.1, 0.15) is 17.3 Å². The lowest BCUT2D eigenvalue weighted by Crippen LogP contribution is -2.54. The third-order valence-electron chi connectivity index (χ3n) is 3.86. The van der Waals surface area contributed by atoms with Gasteiger partial charge >= 0.3 is 5.97 Å². The molecule has 5 nitrogen and oxygen atoms in total. The number of hydrogen-bond donors (Lipinski definition) is 1. The van der Waals surface area contributed by atoms with Crippen molar-refractivity contribution < 1.29 is 9.90 Å². The SMILES string of the molecule is CC1(C(=O)O)CCCCN1Cc1cccnc1C#N. The number of aliphatic carboxylic acids is 1. The Morgan fingerprint density at radius 3 is 3.11 bits per heavy atom.